The fraction of sp³-hybridized carbons (Fsp3) is 0.933. The largest absolute Gasteiger partial charge is 0.458 e. The molecule has 2 bridgehead atoms. The van der Waals surface area contributed by atoms with Crippen LogP contribution < -0.4 is 0 Å². The third kappa shape index (κ3) is 3.45. The number of esters is 1. The molecule has 5 aliphatic rings. The molecule has 10 unspecified atom stereocenters. The second-order valence-electron chi connectivity index (χ2n) is 14.7. The number of rotatable bonds is 5. The summed E-state index contributed by atoms with van der Waals surface area (Å²) in [5.41, 5.74) is -2.99. The zero-order valence-corrected chi connectivity index (χ0v) is 23.2. The van der Waals surface area contributed by atoms with E-state index in [0.717, 1.165) is 38.5 Å². The van der Waals surface area contributed by atoms with Crippen LogP contribution in [-0.2, 0) is 14.3 Å². The van der Waals surface area contributed by atoms with Crippen molar-refractivity contribution in [3.8, 4) is 0 Å². The molecule has 0 aromatic heterocycles. The van der Waals surface area contributed by atoms with E-state index in [9.17, 15) is 24.9 Å². The highest BCUT2D eigenvalue weighted by Gasteiger charge is 2.79. The Balaban J connectivity index is 1.45. The van der Waals surface area contributed by atoms with E-state index in [4.69, 9.17) is 4.74 Å². The van der Waals surface area contributed by atoms with Gasteiger partial charge in [0.25, 0.3) is 0 Å². The van der Waals surface area contributed by atoms with Gasteiger partial charge < -0.3 is 20.1 Å². The quantitative estimate of drug-likeness (QED) is 0.479. The van der Waals surface area contributed by atoms with Gasteiger partial charge in [-0.25, -0.2) is 0 Å². The third-order valence-corrected chi connectivity index (χ3v) is 12.3. The molecule has 6 heteroatoms. The molecule has 5 rings (SSSR count). The number of carbonyl (C=O) groups excluding carboxylic acids is 2. The minimum Gasteiger partial charge on any atom is -0.458 e. The van der Waals surface area contributed by atoms with Gasteiger partial charge in [0, 0.05) is 17.8 Å². The molecule has 36 heavy (non-hydrogen) atoms. The zero-order valence-electron chi connectivity index (χ0n) is 23.2. The van der Waals surface area contributed by atoms with Crippen LogP contribution in [0.15, 0.2) is 0 Å². The Morgan fingerprint density at radius 2 is 1.75 bits per heavy atom. The second-order valence-corrected chi connectivity index (χ2v) is 14.7. The van der Waals surface area contributed by atoms with Crippen molar-refractivity contribution in [3.05, 3.63) is 0 Å². The Kier molecular flexibility index (Phi) is 6.11. The van der Waals surface area contributed by atoms with Crippen LogP contribution in [0.3, 0.4) is 0 Å². The molecule has 6 nitrogen and oxygen atoms in total. The van der Waals surface area contributed by atoms with Gasteiger partial charge in [-0.1, -0.05) is 27.7 Å². The number of ether oxygens (including phenoxy) is 1. The van der Waals surface area contributed by atoms with Crippen molar-refractivity contribution in [2.24, 2.45) is 45.8 Å². The Morgan fingerprint density at radius 3 is 2.42 bits per heavy atom. The van der Waals surface area contributed by atoms with Crippen LogP contribution in [0.1, 0.15) is 106 Å². The molecule has 3 N–H and O–H groups in total. The number of hydrogen-bond donors (Lipinski definition) is 3. The first kappa shape index (κ1) is 26.6. The summed E-state index contributed by atoms with van der Waals surface area (Å²) in [6, 6.07) is 0. The Hall–Kier alpha value is -0.980. The van der Waals surface area contributed by atoms with Gasteiger partial charge in [-0.3, -0.25) is 9.59 Å². The average Bonchev–Trinajstić information content (AvgIpc) is 3.02. The predicted octanol–water partition coefficient (Wildman–Crippen LogP) is 4.42. The molecular weight excluding hydrogens is 456 g/mol. The maximum absolute atomic E-state index is 13.9. The molecule has 0 amide bonds. The number of aliphatic hydroxyl groups is 3. The Bertz CT molecular complexity index is 921. The van der Waals surface area contributed by atoms with Crippen molar-refractivity contribution in [2.45, 2.75) is 129 Å². The molecule has 1 heterocycles. The molecule has 10 atom stereocenters. The second kappa shape index (κ2) is 8.26. The van der Waals surface area contributed by atoms with E-state index in [-0.39, 0.29) is 34.6 Å². The van der Waals surface area contributed by atoms with E-state index in [1.165, 1.54) is 0 Å². The third-order valence-electron chi connectivity index (χ3n) is 12.3. The lowest BCUT2D eigenvalue weighted by Gasteiger charge is -2.53. The molecule has 1 aliphatic heterocycles. The average molecular weight is 505 g/mol. The normalized spacial score (nSPS) is 47.3. The summed E-state index contributed by atoms with van der Waals surface area (Å²) in [5.74, 6) is 1.13. The van der Waals surface area contributed by atoms with Crippen molar-refractivity contribution in [3.63, 3.8) is 0 Å². The number of carbonyl (C=O) groups is 2. The Morgan fingerprint density at radius 1 is 1.06 bits per heavy atom. The first-order valence-electron chi connectivity index (χ1n) is 14.5. The van der Waals surface area contributed by atoms with Crippen molar-refractivity contribution >= 4 is 11.8 Å². The van der Waals surface area contributed by atoms with Crippen LogP contribution in [0, 0.1) is 45.8 Å². The van der Waals surface area contributed by atoms with Crippen molar-refractivity contribution in [1.82, 2.24) is 0 Å². The summed E-state index contributed by atoms with van der Waals surface area (Å²) < 4.78 is 6.48. The molecule has 0 aromatic carbocycles. The molecule has 0 radical (unpaired) electrons. The highest BCUT2D eigenvalue weighted by atomic mass is 16.6. The number of ketones is 1. The highest BCUT2D eigenvalue weighted by Crippen LogP contribution is 2.75. The first-order valence-corrected chi connectivity index (χ1v) is 14.5. The standard InChI is InChI=1S/C30H48O6/c1-17(7-11-23(33)27(4,5)35)24-20(31)16-30-21-10-9-19-18(8-12-22(32)26(19,2)3)15-29(21,36-25(30)34)14-13-28(24,30)6/h17-21,23-24,31,33,35H,7-16H2,1-6H3. The van der Waals surface area contributed by atoms with Crippen LogP contribution in [0.4, 0.5) is 0 Å². The molecule has 204 valence electrons. The van der Waals surface area contributed by atoms with Gasteiger partial charge in [-0.2, -0.15) is 0 Å². The number of fused-ring (bicyclic) bond motifs is 1. The maximum atomic E-state index is 13.9. The molecule has 4 saturated carbocycles. The molecule has 1 spiro atoms. The fourth-order valence-electron chi connectivity index (χ4n) is 10.3. The van der Waals surface area contributed by atoms with Gasteiger partial charge in [0.15, 0.2) is 0 Å². The van der Waals surface area contributed by atoms with E-state index < -0.39 is 28.8 Å². The summed E-state index contributed by atoms with van der Waals surface area (Å²) in [5, 5.41) is 32.1. The van der Waals surface area contributed by atoms with Gasteiger partial charge in [-0.05, 0) is 101 Å². The van der Waals surface area contributed by atoms with Crippen LogP contribution in [0.25, 0.3) is 0 Å². The van der Waals surface area contributed by atoms with E-state index in [1.54, 1.807) is 13.8 Å². The fourth-order valence-corrected chi connectivity index (χ4v) is 10.3. The van der Waals surface area contributed by atoms with Crippen molar-refractivity contribution in [2.75, 3.05) is 0 Å². The molecule has 1 saturated heterocycles. The molecule has 5 fully saturated rings. The van der Waals surface area contributed by atoms with Crippen LogP contribution in [0.2, 0.25) is 0 Å². The van der Waals surface area contributed by atoms with E-state index in [2.05, 4.69) is 27.7 Å². The van der Waals surface area contributed by atoms with Crippen LogP contribution in [-0.4, -0.2) is 50.5 Å². The summed E-state index contributed by atoms with van der Waals surface area (Å²) in [4.78, 5) is 26.7. The van der Waals surface area contributed by atoms with Gasteiger partial charge in [0.2, 0.25) is 0 Å². The first-order chi connectivity index (χ1) is 16.6. The summed E-state index contributed by atoms with van der Waals surface area (Å²) >= 11 is 0. The molecular formula is C30H48O6. The topological polar surface area (TPSA) is 104 Å². The Labute approximate surface area is 216 Å². The number of Topliss-reactive ketones (excluding diaryl/α,β-unsaturated/α-hetero) is 1. The van der Waals surface area contributed by atoms with E-state index >= 15 is 0 Å². The summed E-state index contributed by atoms with van der Waals surface area (Å²) in [6.07, 6.45) is 6.08. The minimum absolute atomic E-state index is 0.0568. The summed E-state index contributed by atoms with van der Waals surface area (Å²) in [6.45, 7) is 11.8. The zero-order chi connectivity index (χ0) is 26.5. The molecule has 4 aliphatic carbocycles. The molecule has 0 aromatic rings. The lowest BCUT2D eigenvalue weighted by molar-refractivity contribution is -0.157. The number of aliphatic hydroxyl groups excluding tert-OH is 2. The van der Waals surface area contributed by atoms with Crippen molar-refractivity contribution in [1.29, 1.82) is 0 Å². The van der Waals surface area contributed by atoms with Gasteiger partial charge in [0.05, 0.1) is 23.2 Å². The minimum atomic E-state index is -1.16. The summed E-state index contributed by atoms with van der Waals surface area (Å²) in [7, 11) is 0. The van der Waals surface area contributed by atoms with E-state index in [0.29, 0.717) is 43.3 Å². The predicted molar refractivity (Wildman–Crippen MR) is 136 cm³/mol. The lowest BCUT2D eigenvalue weighted by Crippen LogP contribution is -2.55. The maximum Gasteiger partial charge on any atom is 0.313 e. The highest BCUT2D eigenvalue weighted by molar-refractivity contribution is 5.85. The lowest BCUT2D eigenvalue weighted by atomic mass is 9.47. The van der Waals surface area contributed by atoms with Gasteiger partial charge in [0.1, 0.15) is 11.4 Å². The van der Waals surface area contributed by atoms with Gasteiger partial charge in [-0.15, -0.1) is 0 Å². The van der Waals surface area contributed by atoms with Crippen LogP contribution in [0.5, 0.6) is 0 Å². The van der Waals surface area contributed by atoms with Crippen LogP contribution >= 0.6 is 0 Å². The smallest absolute Gasteiger partial charge is 0.313 e. The van der Waals surface area contributed by atoms with Crippen molar-refractivity contribution < 1.29 is 29.6 Å². The van der Waals surface area contributed by atoms with Gasteiger partial charge >= 0.3 is 5.97 Å². The SMILES string of the molecule is CC(CCC(O)C(C)(C)O)C1C(O)CC23C(=O)OC4(CCC12C)CC1CCC(=O)C(C)(C)C1CCC43. The van der Waals surface area contributed by atoms with E-state index in [1.807, 2.05) is 0 Å². The monoisotopic (exact) mass is 504 g/mol. The number of hydrogen-bond acceptors (Lipinski definition) is 6.